The molecule has 1 unspecified atom stereocenters. The number of alkyl halides is 3. The van der Waals surface area contributed by atoms with Gasteiger partial charge in [0.05, 0.1) is 30.0 Å². The highest BCUT2D eigenvalue weighted by molar-refractivity contribution is 6.30. The number of hydrogen-bond acceptors (Lipinski definition) is 10. The summed E-state index contributed by atoms with van der Waals surface area (Å²) in [4.78, 5) is 22.5. The van der Waals surface area contributed by atoms with Crippen molar-refractivity contribution in [1.82, 2.24) is 19.7 Å². The number of benzene rings is 1. The molecule has 0 radical (unpaired) electrons. The predicted octanol–water partition coefficient (Wildman–Crippen LogP) is 4.04. The minimum absolute atomic E-state index is 0.172. The Balaban J connectivity index is 1.81. The van der Waals surface area contributed by atoms with Crippen LogP contribution in [0.2, 0.25) is 5.02 Å². The fourth-order valence-electron chi connectivity index (χ4n) is 4.84. The van der Waals surface area contributed by atoms with Crippen LogP contribution in [-0.4, -0.2) is 76.2 Å². The molecule has 0 bridgehead atoms. The van der Waals surface area contributed by atoms with Crippen LogP contribution in [0, 0.1) is 0 Å². The Morgan fingerprint density at radius 2 is 2.07 bits per heavy atom. The Labute approximate surface area is 239 Å². The lowest BCUT2D eigenvalue weighted by Gasteiger charge is -2.52. The number of aromatic nitrogens is 4. The lowest BCUT2D eigenvalue weighted by Crippen LogP contribution is -2.66. The van der Waals surface area contributed by atoms with Crippen molar-refractivity contribution < 1.29 is 46.8 Å². The third-order valence-electron chi connectivity index (χ3n) is 6.56. The van der Waals surface area contributed by atoms with Crippen LogP contribution in [-0.2, 0) is 35.5 Å². The van der Waals surface area contributed by atoms with Gasteiger partial charge in [0.25, 0.3) is 5.82 Å². The van der Waals surface area contributed by atoms with Gasteiger partial charge in [0.2, 0.25) is 0 Å². The second kappa shape index (κ2) is 11.8. The number of carbonyl (C=O) groups is 1. The second-order valence-corrected chi connectivity index (χ2v) is 9.50. The number of hydrogen-bond donors (Lipinski definition) is 1. The molecule has 2 aliphatic rings. The summed E-state index contributed by atoms with van der Waals surface area (Å²) in [5.41, 5.74) is 5.76. The quantitative estimate of drug-likeness (QED) is 0.169. The molecule has 2 fully saturated rings. The molecule has 18 heteroatoms. The van der Waals surface area contributed by atoms with E-state index in [1.807, 2.05) is 0 Å². The summed E-state index contributed by atoms with van der Waals surface area (Å²) in [6.45, 7) is -0.688. The van der Waals surface area contributed by atoms with Crippen LogP contribution in [0.15, 0.2) is 47.7 Å². The van der Waals surface area contributed by atoms with Crippen LogP contribution in [0.4, 0.5) is 13.2 Å². The predicted molar refractivity (Wildman–Crippen MR) is 133 cm³/mol. The summed E-state index contributed by atoms with van der Waals surface area (Å²) in [5, 5.41) is 17.3. The Hall–Kier alpha value is -3.83. The summed E-state index contributed by atoms with van der Waals surface area (Å²) in [7, 11) is 1.35. The first-order chi connectivity index (χ1) is 20.1. The number of aromatic carboxylic acids is 1. The van der Waals surface area contributed by atoms with Gasteiger partial charge in [-0.25, -0.2) is 19.4 Å². The van der Waals surface area contributed by atoms with Gasteiger partial charge >= 0.3 is 12.1 Å². The standard InChI is InChI=1S/C24H21ClF3N7O7/c1-38-11-41-15-9-39-16-10-40-21(12-5-3-2-4-6-12)42-23(16,18(15)32-34-29)22-31-19(20(36)37)33-35(22)14-7-13(25)8-30-17(14)24(26,27)28/h2-8,15-16,18,21H,9-11H2,1H3,(H,36,37)/t15-,16+,18+,21?,23+/m0/s1. The van der Waals surface area contributed by atoms with E-state index in [0.29, 0.717) is 10.2 Å². The first-order valence-corrected chi connectivity index (χ1v) is 12.5. The highest BCUT2D eigenvalue weighted by atomic mass is 35.5. The summed E-state index contributed by atoms with van der Waals surface area (Å²) in [5.74, 6) is -3.06. The molecule has 0 spiro atoms. The van der Waals surface area contributed by atoms with Crippen LogP contribution < -0.4 is 0 Å². The molecule has 0 amide bonds. The molecule has 1 aromatic carbocycles. The average molecular weight is 612 g/mol. The van der Waals surface area contributed by atoms with Crippen LogP contribution in [0.1, 0.15) is 34.0 Å². The molecule has 222 valence electrons. The Bertz CT molecular complexity index is 1510. The summed E-state index contributed by atoms with van der Waals surface area (Å²) in [6, 6.07) is 7.97. The molecule has 5 atom stereocenters. The molecular weight excluding hydrogens is 591 g/mol. The zero-order valence-electron chi connectivity index (χ0n) is 21.5. The minimum Gasteiger partial charge on any atom is -0.475 e. The zero-order valence-corrected chi connectivity index (χ0v) is 22.3. The number of rotatable bonds is 8. The van der Waals surface area contributed by atoms with Crippen molar-refractivity contribution in [2.75, 3.05) is 27.1 Å². The van der Waals surface area contributed by atoms with E-state index in [1.165, 1.54) is 7.11 Å². The van der Waals surface area contributed by atoms with Crippen LogP contribution in [0.3, 0.4) is 0 Å². The number of ether oxygens (including phenoxy) is 5. The molecule has 0 aliphatic carbocycles. The van der Waals surface area contributed by atoms with Gasteiger partial charge in [0, 0.05) is 23.8 Å². The van der Waals surface area contributed by atoms with Gasteiger partial charge in [-0.1, -0.05) is 47.0 Å². The van der Waals surface area contributed by atoms with Crippen LogP contribution in [0.5, 0.6) is 0 Å². The monoisotopic (exact) mass is 611 g/mol. The van der Waals surface area contributed by atoms with Gasteiger partial charge < -0.3 is 28.8 Å². The van der Waals surface area contributed by atoms with E-state index in [0.717, 1.165) is 12.3 Å². The highest BCUT2D eigenvalue weighted by Crippen LogP contribution is 2.49. The maximum atomic E-state index is 14.2. The van der Waals surface area contributed by atoms with Crippen molar-refractivity contribution in [2.45, 2.75) is 36.3 Å². The summed E-state index contributed by atoms with van der Waals surface area (Å²) < 4.78 is 72.1. The first kappa shape index (κ1) is 29.7. The lowest BCUT2D eigenvalue weighted by molar-refractivity contribution is -0.352. The van der Waals surface area contributed by atoms with Gasteiger partial charge in [-0.3, -0.25) is 0 Å². The van der Waals surface area contributed by atoms with E-state index in [1.54, 1.807) is 30.3 Å². The highest BCUT2D eigenvalue weighted by Gasteiger charge is 2.62. The number of fused-ring (bicyclic) bond motifs is 1. The number of carboxylic acid groups (broad SMARTS) is 1. The average Bonchev–Trinajstić information content (AvgIpc) is 3.43. The Morgan fingerprint density at radius 1 is 1.31 bits per heavy atom. The molecule has 42 heavy (non-hydrogen) atoms. The molecule has 4 heterocycles. The third kappa shape index (κ3) is 5.38. The van der Waals surface area contributed by atoms with E-state index >= 15 is 0 Å². The van der Waals surface area contributed by atoms with Crippen molar-refractivity contribution in [3.05, 3.63) is 81.0 Å². The molecule has 1 N–H and O–H groups in total. The molecule has 5 rings (SSSR count). The largest absolute Gasteiger partial charge is 0.475 e. The lowest BCUT2D eigenvalue weighted by atomic mass is 9.81. The van der Waals surface area contributed by atoms with Gasteiger partial charge in [0.15, 0.2) is 23.4 Å². The second-order valence-electron chi connectivity index (χ2n) is 9.07. The number of carboxylic acids is 1. The maximum absolute atomic E-state index is 14.2. The molecule has 14 nitrogen and oxygen atoms in total. The van der Waals surface area contributed by atoms with E-state index in [4.69, 9.17) is 35.3 Å². The summed E-state index contributed by atoms with van der Waals surface area (Å²) >= 11 is 6.04. The topological polar surface area (TPSA) is 176 Å². The van der Waals surface area contributed by atoms with E-state index < -0.39 is 65.3 Å². The van der Waals surface area contributed by atoms with Crippen molar-refractivity contribution in [3.63, 3.8) is 0 Å². The molecule has 2 saturated heterocycles. The fourth-order valence-corrected chi connectivity index (χ4v) is 4.99. The Morgan fingerprint density at radius 3 is 2.74 bits per heavy atom. The van der Waals surface area contributed by atoms with E-state index in [-0.39, 0.29) is 25.0 Å². The normalized spacial score (nSPS) is 25.8. The SMILES string of the molecule is COCO[C@H]1CO[C@@H]2COC(c3ccccc3)O[C@@]2(c2nc(C(=O)O)nn2-c2cc(Cl)cnc2C(F)(F)F)[C@@H]1N=[N+]=[N-]. The van der Waals surface area contributed by atoms with Gasteiger partial charge in [0.1, 0.15) is 18.9 Å². The first-order valence-electron chi connectivity index (χ1n) is 12.1. The van der Waals surface area contributed by atoms with Crippen molar-refractivity contribution in [3.8, 4) is 5.69 Å². The number of pyridine rings is 1. The number of azide groups is 1. The molecule has 2 aromatic heterocycles. The van der Waals surface area contributed by atoms with Gasteiger partial charge in [-0.15, -0.1) is 5.10 Å². The van der Waals surface area contributed by atoms with E-state index in [2.05, 4.69) is 25.1 Å². The zero-order chi connectivity index (χ0) is 30.1. The fraction of sp³-hybridized carbons (Fsp3) is 0.417. The van der Waals surface area contributed by atoms with Crippen LogP contribution >= 0.6 is 11.6 Å². The van der Waals surface area contributed by atoms with Gasteiger partial charge in [-0.2, -0.15) is 13.2 Å². The minimum atomic E-state index is -5.02. The molecule has 3 aromatic rings. The molecule has 0 saturated carbocycles. The molecular formula is C24H21ClF3N7O7. The van der Waals surface area contributed by atoms with Crippen LogP contribution in [0.25, 0.3) is 16.1 Å². The molecule has 2 aliphatic heterocycles. The van der Waals surface area contributed by atoms with Crippen molar-refractivity contribution >= 4 is 17.6 Å². The maximum Gasteiger partial charge on any atom is 0.435 e. The number of methoxy groups -OCH3 is 1. The summed E-state index contributed by atoms with van der Waals surface area (Å²) in [6.07, 6.45) is -7.72. The third-order valence-corrected chi connectivity index (χ3v) is 6.77. The van der Waals surface area contributed by atoms with E-state index in [9.17, 15) is 28.6 Å². The van der Waals surface area contributed by atoms with Crippen molar-refractivity contribution in [2.24, 2.45) is 5.11 Å². The number of halogens is 4. The van der Waals surface area contributed by atoms with Gasteiger partial charge in [-0.05, 0) is 11.6 Å². The van der Waals surface area contributed by atoms with Crippen molar-refractivity contribution in [1.29, 1.82) is 0 Å². The smallest absolute Gasteiger partial charge is 0.435 e. The number of nitrogens with zero attached hydrogens (tertiary/aromatic N) is 7. The Kier molecular flexibility index (Phi) is 8.34.